The molecule has 0 amide bonds. The summed E-state index contributed by atoms with van der Waals surface area (Å²) in [5.41, 5.74) is 3.53. The predicted octanol–water partition coefficient (Wildman–Crippen LogP) is 2.39. The summed E-state index contributed by atoms with van der Waals surface area (Å²) in [6.07, 6.45) is 3.10. The third kappa shape index (κ3) is 2.68. The molecule has 0 radical (unpaired) electrons. The number of nitrogens with zero attached hydrogens (tertiary/aromatic N) is 1. The maximum absolute atomic E-state index is 5.84. The van der Waals surface area contributed by atoms with Gasteiger partial charge in [0.2, 0.25) is 0 Å². The molecule has 4 heteroatoms. The monoisotopic (exact) mass is 261 g/mol. The molecule has 2 aromatic rings. The Morgan fingerprint density at radius 1 is 1.32 bits per heavy atom. The number of hydrogen-bond acceptors (Lipinski definition) is 3. The lowest BCUT2D eigenvalue weighted by Gasteiger charge is -2.18. The number of aromatic nitrogens is 1. The lowest BCUT2D eigenvalue weighted by Crippen LogP contribution is -2.11. The molecule has 19 heavy (non-hydrogen) atoms. The molecule has 0 fully saturated rings. The second-order valence-corrected chi connectivity index (χ2v) is 4.83. The summed E-state index contributed by atoms with van der Waals surface area (Å²) < 4.78 is 5.84. The summed E-state index contributed by atoms with van der Waals surface area (Å²) in [5, 5.41) is 4.44. The highest BCUT2D eigenvalue weighted by Crippen LogP contribution is 2.36. The lowest BCUT2D eigenvalue weighted by atomic mass is 10.1. The molecular formula is C15H23N3O. The number of hydrogen-bond donors (Lipinski definition) is 2. The van der Waals surface area contributed by atoms with Crippen LogP contribution in [0.3, 0.4) is 0 Å². The number of nitrogens with one attached hydrogen (secondary N) is 2. The summed E-state index contributed by atoms with van der Waals surface area (Å²) in [6.45, 7) is 3.67. The molecule has 0 unspecified atom stereocenters. The van der Waals surface area contributed by atoms with Gasteiger partial charge in [-0.2, -0.15) is 0 Å². The van der Waals surface area contributed by atoms with Gasteiger partial charge >= 0.3 is 0 Å². The minimum atomic E-state index is 0.671. The zero-order chi connectivity index (χ0) is 13.8. The van der Waals surface area contributed by atoms with Crippen molar-refractivity contribution in [2.75, 3.05) is 39.2 Å². The first-order valence-electron chi connectivity index (χ1n) is 6.76. The molecule has 0 aliphatic rings. The molecule has 4 nitrogen and oxygen atoms in total. The van der Waals surface area contributed by atoms with Gasteiger partial charge in [0, 0.05) is 25.7 Å². The Hall–Kier alpha value is -1.68. The zero-order valence-electron chi connectivity index (χ0n) is 12.2. The summed E-state index contributed by atoms with van der Waals surface area (Å²) in [6, 6.07) is 4.30. The van der Waals surface area contributed by atoms with E-state index in [1.165, 1.54) is 10.9 Å². The number of H-pyrrole nitrogens is 1. The molecule has 0 spiro atoms. The van der Waals surface area contributed by atoms with Crippen LogP contribution in [-0.4, -0.2) is 39.3 Å². The minimum Gasteiger partial charge on any atom is -0.489 e. The number of benzene rings is 1. The molecular weight excluding hydrogens is 238 g/mol. The van der Waals surface area contributed by atoms with Gasteiger partial charge < -0.3 is 19.9 Å². The lowest BCUT2D eigenvalue weighted by molar-refractivity contribution is 0.344. The average molecular weight is 261 g/mol. The Morgan fingerprint density at radius 2 is 2.11 bits per heavy atom. The van der Waals surface area contributed by atoms with Crippen LogP contribution < -0.4 is 15.0 Å². The van der Waals surface area contributed by atoms with Crippen molar-refractivity contribution in [3.05, 3.63) is 23.9 Å². The molecule has 0 aliphatic carbocycles. The Kier molecular flexibility index (Phi) is 4.32. The number of ether oxygens (including phenoxy) is 1. The van der Waals surface area contributed by atoms with Crippen molar-refractivity contribution in [1.82, 2.24) is 10.3 Å². The second kappa shape index (κ2) is 5.97. The molecule has 0 saturated carbocycles. The fourth-order valence-electron chi connectivity index (χ4n) is 2.33. The average Bonchev–Trinajstić information content (AvgIpc) is 2.80. The highest BCUT2D eigenvalue weighted by molar-refractivity contribution is 5.93. The van der Waals surface area contributed by atoms with Gasteiger partial charge in [-0.1, -0.05) is 6.07 Å². The SMILES string of the molecule is CCOc1c(N(C)C)ccc2c(CCNC)c[nH]c12. The highest BCUT2D eigenvalue weighted by Gasteiger charge is 2.14. The number of fused-ring (bicyclic) bond motifs is 1. The van der Waals surface area contributed by atoms with E-state index in [4.69, 9.17) is 4.74 Å². The van der Waals surface area contributed by atoms with E-state index in [1.54, 1.807) is 0 Å². The highest BCUT2D eigenvalue weighted by atomic mass is 16.5. The largest absolute Gasteiger partial charge is 0.489 e. The van der Waals surface area contributed by atoms with Gasteiger partial charge in [0.05, 0.1) is 17.8 Å². The Labute approximate surface area is 114 Å². The van der Waals surface area contributed by atoms with Crippen LogP contribution >= 0.6 is 0 Å². The number of likely N-dealkylation sites (N-methyl/N-ethyl adjacent to an activating group) is 1. The summed E-state index contributed by atoms with van der Waals surface area (Å²) in [4.78, 5) is 5.45. The van der Waals surface area contributed by atoms with Gasteiger partial charge in [-0.25, -0.2) is 0 Å². The van der Waals surface area contributed by atoms with Crippen molar-refractivity contribution in [3.63, 3.8) is 0 Å². The molecule has 2 rings (SSSR count). The van der Waals surface area contributed by atoms with Crippen LogP contribution in [0.5, 0.6) is 5.75 Å². The normalized spacial score (nSPS) is 10.9. The van der Waals surface area contributed by atoms with Crippen molar-refractivity contribution in [1.29, 1.82) is 0 Å². The molecule has 0 atom stereocenters. The Balaban J connectivity index is 2.50. The van der Waals surface area contributed by atoms with Gasteiger partial charge in [-0.15, -0.1) is 0 Å². The van der Waals surface area contributed by atoms with Crippen LogP contribution in [0.15, 0.2) is 18.3 Å². The molecule has 1 aromatic heterocycles. The van der Waals surface area contributed by atoms with Crippen LogP contribution in [0.1, 0.15) is 12.5 Å². The van der Waals surface area contributed by atoms with Gasteiger partial charge in [0.25, 0.3) is 0 Å². The van der Waals surface area contributed by atoms with Crippen molar-refractivity contribution in [2.45, 2.75) is 13.3 Å². The van der Waals surface area contributed by atoms with E-state index >= 15 is 0 Å². The molecule has 2 N–H and O–H groups in total. The molecule has 0 saturated heterocycles. The van der Waals surface area contributed by atoms with Crippen LogP contribution in [-0.2, 0) is 6.42 Å². The van der Waals surface area contributed by atoms with Crippen LogP contribution in [0.2, 0.25) is 0 Å². The fraction of sp³-hybridized carbons (Fsp3) is 0.467. The molecule has 0 bridgehead atoms. The number of rotatable bonds is 6. The van der Waals surface area contributed by atoms with Gasteiger partial charge in [0.15, 0.2) is 5.75 Å². The Morgan fingerprint density at radius 3 is 2.74 bits per heavy atom. The van der Waals surface area contributed by atoms with E-state index in [9.17, 15) is 0 Å². The van der Waals surface area contributed by atoms with Gasteiger partial charge in [0.1, 0.15) is 0 Å². The van der Waals surface area contributed by atoms with E-state index in [1.807, 2.05) is 28.1 Å². The summed E-state index contributed by atoms with van der Waals surface area (Å²) >= 11 is 0. The first-order chi connectivity index (χ1) is 9.19. The van der Waals surface area contributed by atoms with Crippen LogP contribution in [0.25, 0.3) is 10.9 Å². The molecule has 0 aliphatic heterocycles. The van der Waals surface area contributed by atoms with Crippen molar-refractivity contribution < 1.29 is 4.74 Å². The van der Waals surface area contributed by atoms with E-state index in [2.05, 4.69) is 33.5 Å². The predicted molar refractivity (Wildman–Crippen MR) is 81.4 cm³/mol. The van der Waals surface area contributed by atoms with Crippen LogP contribution in [0.4, 0.5) is 5.69 Å². The minimum absolute atomic E-state index is 0.671. The van der Waals surface area contributed by atoms with Crippen molar-refractivity contribution >= 4 is 16.6 Å². The first-order valence-corrected chi connectivity index (χ1v) is 6.76. The van der Waals surface area contributed by atoms with Crippen LogP contribution in [0, 0.1) is 0 Å². The maximum atomic E-state index is 5.84. The zero-order valence-corrected chi connectivity index (χ0v) is 12.2. The standard InChI is InChI=1S/C15H23N3O/c1-5-19-15-13(18(3)4)7-6-12-11(8-9-16-2)10-17-14(12)15/h6-7,10,16-17H,5,8-9H2,1-4H3. The van der Waals surface area contributed by atoms with E-state index in [-0.39, 0.29) is 0 Å². The third-order valence-electron chi connectivity index (χ3n) is 3.29. The number of anilines is 1. The summed E-state index contributed by atoms with van der Waals surface area (Å²) in [5.74, 6) is 0.945. The van der Waals surface area contributed by atoms with Gasteiger partial charge in [-0.3, -0.25) is 0 Å². The topological polar surface area (TPSA) is 40.3 Å². The third-order valence-corrected chi connectivity index (χ3v) is 3.29. The van der Waals surface area contributed by atoms with E-state index in [0.717, 1.165) is 29.9 Å². The molecule has 104 valence electrons. The van der Waals surface area contributed by atoms with E-state index in [0.29, 0.717) is 6.61 Å². The number of aromatic amines is 1. The molecule has 1 aromatic carbocycles. The summed E-state index contributed by atoms with van der Waals surface area (Å²) in [7, 11) is 6.05. The smallest absolute Gasteiger partial charge is 0.166 e. The fourth-order valence-corrected chi connectivity index (χ4v) is 2.33. The van der Waals surface area contributed by atoms with E-state index < -0.39 is 0 Å². The first kappa shape index (κ1) is 13.7. The Bertz CT molecular complexity index is 546. The van der Waals surface area contributed by atoms with Gasteiger partial charge in [-0.05, 0) is 38.6 Å². The second-order valence-electron chi connectivity index (χ2n) is 4.83. The van der Waals surface area contributed by atoms with Crippen molar-refractivity contribution in [2.24, 2.45) is 0 Å². The van der Waals surface area contributed by atoms with Crippen molar-refractivity contribution in [3.8, 4) is 5.75 Å². The molecule has 1 heterocycles. The quantitative estimate of drug-likeness (QED) is 0.839. The maximum Gasteiger partial charge on any atom is 0.166 e.